The van der Waals surface area contributed by atoms with Crippen LogP contribution in [0.25, 0.3) is 6.08 Å². The van der Waals surface area contributed by atoms with Gasteiger partial charge in [-0.2, -0.15) is 0 Å². The minimum Gasteiger partial charge on any atom is -0.468 e. The number of carbonyl (C=O) groups excluding carboxylic acids is 2. The highest BCUT2D eigenvalue weighted by Gasteiger charge is 2.28. The first-order valence-corrected chi connectivity index (χ1v) is 7.97. The zero-order valence-electron chi connectivity index (χ0n) is 12.5. The molecule has 1 atom stereocenters. The first kappa shape index (κ1) is 17.0. The lowest BCUT2D eigenvalue weighted by Gasteiger charge is -2.30. The van der Waals surface area contributed by atoms with Crippen molar-refractivity contribution in [1.29, 1.82) is 0 Å². The van der Waals surface area contributed by atoms with Crippen molar-refractivity contribution in [3.05, 3.63) is 46.0 Å². The van der Waals surface area contributed by atoms with Gasteiger partial charge in [0.15, 0.2) is 0 Å². The summed E-state index contributed by atoms with van der Waals surface area (Å²) in [4.78, 5) is 35.6. The molecule has 0 aliphatic carbocycles. The van der Waals surface area contributed by atoms with Gasteiger partial charge in [-0.15, -0.1) is 11.8 Å². The van der Waals surface area contributed by atoms with E-state index in [0.717, 1.165) is 0 Å². The number of amides is 1. The highest BCUT2D eigenvalue weighted by atomic mass is 32.2. The molecule has 1 saturated heterocycles. The Kier molecular flexibility index (Phi) is 5.75. The molecular formula is C15H16N2O5S. The van der Waals surface area contributed by atoms with Gasteiger partial charge in [-0.3, -0.25) is 19.7 Å². The fourth-order valence-corrected chi connectivity index (χ4v) is 3.27. The lowest BCUT2D eigenvalue weighted by molar-refractivity contribution is -0.384. The second-order valence-corrected chi connectivity index (χ2v) is 6.16. The summed E-state index contributed by atoms with van der Waals surface area (Å²) >= 11 is 1.47. The fraction of sp³-hybridized carbons (Fsp3) is 0.333. The largest absolute Gasteiger partial charge is 0.468 e. The summed E-state index contributed by atoms with van der Waals surface area (Å²) in [5.41, 5.74) is 0.545. The summed E-state index contributed by atoms with van der Waals surface area (Å²) in [5, 5.41) is 10.4. The van der Waals surface area contributed by atoms with Crippen molar-refractivity contribution >= 4 is 35.4 Å². The maximum Gasteiger partial charge on any atom is 0.320 e. The molecule has 0 unspecified atom stereocenters. The zero-order chi connectivity index (χ0) is 16.8. The van der Waals surface area contributed by atoms with E-state index >= 15 is 0 Å². The van der Waals surface area contributed by atoms with Gasteiger partial charge in [0.1, 0.15) is 5.25 Å². The average Bonchev–Trinajstić information content (AvgIpc) is 2.59. The van der Waals surface area contributed by atoms with E-state index in [4.69, 9.17) is 4.74 Å². The van der Waals surface area contributed by atoms with Crippen molar-refractivity contribution in [2.75, 3.05) is 26.0 Å². The predicted octanol–water partition coefficient (Wildman–Crippen LogP) is 1.72. The third-order valence-corrected chi connectivity index (χ3v) is 4.50. The molecule has 0 spiro atoms. The quantitative estimate of drug-likeness (QED) is 0.360. The van der Waals surface area contributed by atoms with Crippen molar-refractivity contribution in [3.8, 4) is 0 Å². The van der Waals surface area contributed by atoms with Crippen molar-refractivity contribution in [2.45, 2.75) is 5.25 Å². The Balaban J connectivity index is 2.02. The summed E-state index contributed by atoms with van der Waals surface area (Å²) in [7, 11) is 1.33. The van der Waals surface area contributed by atoms with Gasteiger partial charge < -0.3 is 9.64 Å². The smallest absolute Gasteiger partial charge is 0.320 e. The van der Waals surface area contributed by atoms with E-state index in [2.05, 4.69) is 0 Å². The van der Waals surface area contributed by atoms with E-state index in [1.165, 1.54) is 43.2 Å². The van der Waals surface area contributed by atoms with Crippen LogP contribution in [-0.4, -0.2) is 52.9 Å². The van der Waals surface area contributed by atoms with Crippen LogP contribution in [0.15, 0.2) is 30.3 Å². The summed E-state index contributed by atoms with van der Waals surface area (Å²) in [6.45, 7) is 0.853. The molecule has 0 N–H and O–H groups in total. The average molecular weight is 336 g/mol. The number of hydrogen-bond donors (Lipinski definition) is 0. The second kappa shape index (κ2) is 7.77. The van der Waals surface area contributed by atoms with Gasteiger partial charge in [-0.25, -0.2) is 0 Å². The van der Waals surface area contributed by atoms with Gasteiger partial charge in [-0.1, -0.05) is 12.1 Å². The Labute approximate surface area is 137 Å². The number of hydrogen-bond acceptors (Lipinski definition) is 6. The first-order chi connectivity index (χ1) is 11.0. The Morgan fingerprint density at radius 1 is 1.48 bits per heavy atom. The van der Waals surface area contributed by atoms with Gasteiger partial charge in [-0.05, 0) is 11.6 Å². The number of methoxy groups -OCH3 is 1. The van der Waals surface area contributed by atoms with Crippen LogP contribution in [0, 0.1) is 10.1 Å². The third-order valence-electron chi connectivity index (χ3n) is 3.34. The van der Waals surface area contributed by atoms with Crippen molar-refractivity contribution in [2.24, 2.45) is 0 Å². The van der Waals surface area contributed by atoms with Crippen molar-refractivity contribution in [1.82, 2.24) is 4.90 Å². The Morgan fingerprint density at radius 2 is 2.26 bits per heavy atom. The number of carbonyl (C=O) groups is 2. The Morgan fingerprint density at radius 3 is 2.96 bits per heavy atom. The van der Waals surface area contributed by atoms with Gasteiger partial charge in [0.25, 0.3) is 5.69 Å². The molecule has 2 rings (SSSR count). The van der Waals surface area contributed by atoms with E-state index in [-0.39, 0.29) is 22.8 Å². The van der Waals surface area contributed by atoms with Crippen LogP contribution in [-0.2, 0) is 14.3 Å². The standard InChI is InChI=1S/C15H16N2O5S/c1-22-15(19)13-10-16(7-8-23-13)14(18)6-5-11-3-2-4-12(9-11)17(20)21/h2-6,9,13H,7-8,10H2,1H3/b6-5+/t13-/m1/s1. The first-order valence-electron chi connectivity index (χ1n) is 6.92. The second-order valence-electron chi connectivity index (χ2n) is 4.85. The highest BCUT2D eigenvalue weighted by Crippen LogP contribution is 2.20. The SMILES string of the molecule is COC(=O)[C@H]1CN(C(=O)/C=C/c2cccc([N+](=O)[O-])c2)CCS1. The van der Waals surface area contributed by atoms with Gasteiger partial charge in [0.2, 0.25) is 5.91 Å². The minimum absolute atomic E-state index is 0.0280. The predicted molar refractivity (Wildman–Crippen MR) is 87.0 cm³/mol. The number of nitro groups is 1. The molecule has 1 aliphatic rings. The molecule has 122 valence electrons. The monoisotopic (exact) mass is 336 g/mol. The summed E-state index contributed by atoms with van der Waals surface area (Å²) < 4.78 is 4.70. The minimum atomic E-state index is -0.484. The van der Waals surface area contributed by atoms with Crippen LogP contribution < -0.4 is 0 Å². The molecule has 1 aromatic rings. The molecule has 0 saturated carbocycles. The molecule has 1 amide bonds. The molecular weight excluding hydrogens is 320 g/mol. The molecule has 1 fully saturated rings. The topological polar surface area (TPSA) is 89.8 Å². The maximum absolute atomic E-state index is 12.2. The number of rotatable bonds is 4. The number of nitrogens with zero attached hydrogens (tertiary/aromatic N) is 2. The Bertz CT molecular complexity index is 647. The molecule has 23 heavy (non-hydrogen) atoms. The lowest BCUT2D eigenvalue weighted by Crippen LogP contribution is -2.44. The molecule has 7 nitrogen and oxygen atoms in total. The number of ether oxygens (including phenoxy) is 1. The third kappa shape index (κ3) is 4.56. The van der Waals surface area contributed by atoms with Crippen LogP contribution in [0.1, 0.15) is 5.56 Å². The molecule has 0 aromatic heterocycles. The Hall–Kier alpha value is -2.35. The van der Waals surface area contributed by atoms with Crippen LogP contribution in [0.2, 0.25) is 0 Å². The molecule has 1 aliphatic heterocycles. The van der Waals surface area contributed by atoms with Crippen molar-refractivity contribution in [3.63, 3.8) is 0 Å². The summed E-state index contributed by atoms with van der Waals surface area (Å²) in [5.74, 6) is 0.0942. The molecule has 0 bridgehead atoms. The van der Waals surface area contributed by atoms with Gasteiger partial charge >= 0.3 is 5.97 Å². The van der Waals surface area contributed by atoms with E-state index in [1.54, 1.807) is 17.0 Å². The fourth-order valence-electron chi connectivity index (χ4n) is 2.14. The van der Waals surface area contributed by atoms with Gasteiger partial charge in [0, 0.05) is 37.1 Å². The van der Waals surface area contributed by atoms with E-state index < -0.39 is 4.92 Å². The summed E-state index contributed by atoms with van der Waals surface area (Å²) in [6.07, 6.45) is 2.90. The summed E-state index contributed by atoms with van der Waals surface area (Å²) in [6, 6.07) is 6.03. The number of thioether (sulfide) groups is 1. The zero-order valence-corrected chi connectivity index (χ0v) is 13.3. The van der Waals surface area contributed by atoms with Crippen molar-refractivity contribution < 1.29 is 19.2 Å². The van der Waals surface area contributed by atoms with E-state index in [9.17, 15) is 19.7 Å². The molecule has 1 aromatic carbocycles. The van der Waals surface area contributed by atoms with Crippen LogP contribution in [0.4, 0.5) is 5.69 Å². The van der Waals surface area contributed by atoms with Gasteiger partial charge in [0.05, 0.1) is 12.0 Å². The molecule has 1 heterocycles. The normalized spacial score (nSPS) is 18.0. The highest BCUT2D eigenvalue weighted by molar-refractivity contribution is 8.00. The number of non-ortho nitro benzene ring substituents is 1. The van der Waals surface area contributed by atoms with E-state index in [0.29, 0.717) is 24.4 Å². The van der Waals surface area contributed by atoms with Crippen LogP contribution in [0.5, 0.6) is 0 Å². The molecule has 0 radical (unpaired) electrons. The maximum atomic E-state index is 12.2. The number of nitro benzene ring substituents is 1. The number of benzene rings is 1. The number of esters is 1. The van der Waals surface area contributed by atoms with Crippen LogP contribution >= 0.6 is 11.8 Å². The van der Waals surface area contributed by atoms with E-state index in [1.807, 2.05) is 0 Å². The molecule has 8 heteroatoms. The van der Waals surface area contributed by atoms with Crippen LogP contribution in [0.3, 0.4) is 0 Å². The lowest BCUT2D eigenvalue weighted by atomic mass is 10.2.